The Kier molecular flexibility index (Phi) is 2.24. The van der Waals surface area contributed by atoms with E-state index in [0.29, 0.717) is 11.2 Å². The summed E-state index contributed by atoms with van der Waals surface area (Å²) in [7, 11) is 0. The number of fused-ring (bicyclic) bond motifs is 4. The van der Waals surface area contributed by atoms with Gasteiger partial charge in [-0.25, -0.2) is 4.98 Å². The molecule has 1 atom stereocenters. The molecule has 0 amide bonds. The summed E-state index contributed by atoms with van der Waals surface area (Å²) in [6.45, 7) is 4.26. The normalized spacial score (nSPS) is 22.6. The highest BCUT2D eigenvalue weighted by Crippen LogP contribution is 2.40. The lowest BCUT2D eigenvalue weighted by molar-refractivity contribution is 0.786. The molecule has 5 heteroatoms. The van der Waals surface area contributed by atoms with E-state index in [2.05, 4.69) is 37.8 Å². The Morgan fingerprint density at radius 1 is 1.60 bits per heavy atom. The minimum atomic E-state index is 0.555. The maximum absolute atomic E-state index is 6.09. The van der Waals surface area contributed by atoms with E-state index in [9.17, 15) is 0 Å². The van der Waals surface area contributed by atoms with Crippen LogP contribution in [0, 0.1) is 10.5 Å². The average molecular weight is 336 g/mol. The summed E-state index contributed by atoms with van der Waals surface area (Å²) in [5, 5.41) is 4.07. The third kappa shape index (κ3) is 1.41. The Bertz CT molecular complexity index is 435. The molecule has 0 radical (unpaired) electrons. The minimum absolute atomic E-state index is 0.555. The highest BCUT2D eigenvalue weighted by molar-refractivity contribution is 14.1. The van der Waals surface area contributed by atoms with Gasteiger partial charge < -0.3 is 10.2 Å². The van der Waals surface area contributed by atoms with Crippen LogP contribution in [0.15, 0.2) is 0 Å². The van der Waals surface area contributed by atoms with E-state index in [1.165, 1.54) is 15.7 Å². The van der Waals surface area contributed by atoms with Crippen molar-refractivity contribution in [3.63, 3.8) is 0 Å². The summed E-state index contributed by atoms with van der Waals surface area (Å²) < 4.78 is 1.23. The van der Waals surface area contributed by atoms with Crippen molar-refractivity contribution in [3.05, 3.63) is 14.3 Å². The van der Waals surface area contributed by atoms with Crippen LogP contribution in [0.4, 0.5) is 11.5 Å². The van der Waals surface area contributed by atoms with Crippen LogP contribution in [-0.4, -0.2) is 24.1 Å². The highest BCUT2D eigenvalue weighted by atomic mass is 127. The van der Waals surface area contributed by atoms with Crippen molar-refractivity contribution >= 4 is 45.7 Å². The molecule has 15 heavy (non-hydrogen) atoms. The number of halogens is 2. The quantitative estimate of drug-likeness (QED) is 0.583. The fraction of sp³-hybridized carbons (Fsp3) is 0.500. The summed E-state index contributed by atoms with van der Waals surface area (Å²) in [5.74, 6) is 0.962. The molecule has 1 aromatic rings. The zero-order valence-electron chi connectivity index (χ0n) is 8.35. The number of rotatable bonds is 0. The number of hydrogen-bond acceptors (Lipinski definition) is 3. The van der Waals surface area contributed by atoms with Crippen molar-refractivity contribution in [3.8, 4) is 0 Å². The fourth-order valence-electron chi connectivity index (χ4n) is 2.27. The summed E-state index contributed by atoms with van der Waals surface area (Å²) in [6.07, 6.45) is 1.20. The van der Waals surface area contributed by atoms with Gasteiger partial charge in [-0.05, 0) is 35.9 Å². The third-order valence-electron chi connectivity index (χ3n) is 3.13. The largest absolute Gasteiger partial charge is 0.366 e. The van der Waals surface area contributed by atoms with Crippen LogP contribution >= 0.6 is 34.2 Å². The lowest BCUT2D eigenvalue weighted by Crippen LogP contribution is -2.33. The van der Waals surface area contributed by atoms with Crippen molar-refractivity contribution < 1.29 is 0 Å². The molecule has 2 aliphatic heterocycles. The van der Waals surface area contributed by atoms with Gasteiger partial charge in [0.2, 0.25) is 0 Å². The molecule has 80 valence electrons. The lowest BCUT2D eigenvalue weighted by atomic mass is 10.2. The third-order valence-corrected chi connectivity index (χ3v) is 4.81. The first-order valence-electron chi connectivity index (χ1n) is 5.04. The van der Waals surface area contributed by atoms with Gasteiger partial charge in [-0.15, -0.1) is 0 Å². The molecule has 0 spiro atoms. The molecular weight excluding hydrogens is 324 g/mol. The monoisotopic (exact) mass is 335 g/mol. The van der Waals surface area contributed by atoms with Crippen molar-refractivity contribution in [1.82, 2.24) is 4.98 Å². The van der Waals surface area contributed by atoms with Gasteiger partial charge in [0, 0.05) is 28.3 Å². The Hall–Kier alpha value is -0.230. The molecule has 0 aliphatic carbocycles. The Balaban J connectivity index is 2.22. The maximum Gasteiger partial charge on any atom is 0.152 e. The van der Waals surface area contributed by atoms with Crippen LogP contribution in [0.2, 0.25) is 5.15 Å². The van der Waals surface area contributed by atoms with E-state index in [1.54, 1.807) is 0 Å². The van der Waals surface area contributed by atoms with E-state index in [1.807, 2.05) is 6.92 Å². The fourth-order valence-corrected chi connectivity index (χ4v) is 3.46. The predicted octanol–water partition coefficient (Wildman–Crippen LogP) is 2.65. The summed E-state index contributed by atoms with van der Waals surface area (Å²) in [4.78, 5) is 6.83. The van der Waals surface area contributed by atoms with E-state index >= 15 is 0 Å². The van der Waals surface area contributed by atoms with Crippen LogP contribution in [0.5, 0.6) is 0 Å². The number of anilines is 2. The van der Waals surface area contributed by atoms with Crippen molar-refractivity contribution in [2.45, 2.75) is 19.4 Å². The van der Waals surface area contributed by atoms with Crippen LogP contribution in [0.25, 0.3) is 0 Å². The molecule has 2 aliphatic rings. The molecule has 0 saturated carbocycles. The molecule has 3 nitrogen and oxygen atoms in total. The molecular formula is C10H11ClIN3. The van der Waals surface area contributed by atoms with Crippen LogP contribution in [0.1, 0.15) is 12.0 Å². The van der Waals surface area contributed by atoms with Crippen LogP contribution < -0.4 is 10.2 Å². The van der Waals surface area contributed by atoms with E-state index in [0.717, 1.165) is 24.5 Å². The standard InChI is InChI=1S/C10H11ClIN3/c1-5-7(12)8-10(14-9(5)11)13-6-2-3-15(8)4-6/h6H,2-4H2,1H3,(H,13,14)/t6-/m0/s1. The predicted molar refractivity (Wildman–Crippen MR) is 70.9 cm³/mol. The van der Waals surface area contributed by atoms with Crippen molar-refractivity contribution in [1.29, 1.82) is 0 Å². The van der Waals surface area contributed by atoms with Gasteiger partial charge in [0.1, 0.15) is 5.15 Å². The van der Waals surface area contributed by atoms with Gasteiger partial charge in [0.15, 0.2) is 5.82 Å². The Morgan fingerprint density at radius 3 is 3.20 bits per heavy atom. The van der Waals surface area contributed by atoms with Crippen molar-refractivity contribution in [2.24, 2.45) is 0 Å². The Labute approximate surface area is 107 Å². The van der Waals surface area contributed by atoms with E-state index < -0.39 is 0 Å². The topological polar surface area (TPSA) is 28.2 Å². The molecule has 3 rings (SSSR count). The van der Waals surface area contributed by atoms with Gasteiger partial charge in [-0.1, -0.05) is 11.6 Å². The molecule has 1 aromatic heterocycles. The second-order valence-electron chi connectivity index (χ2n) is 4.11. The van der Waals surface area contributed by atoms with Gasteiger partial charge in [-0.2, -0.15) is 0 Å². The van der Waals surface area contributed by atoms with E-state index in [4.69, 9.17) is 11.6 Å². The second kappa shape index (κ2) is 3.38. The molecule has 1 fully saturated rings. The molecule has 0 unspecified atom stereocenters. The van der Waals surface area contributed by atoms with Crippen LogP contribution in [0.3, 0.4) is 0 Å². The molecule has 1 N–H and O–H groups in total. The molecule has 0 aromatic carbocycles. The zero-order chi connectivity index (χ0) is 10.6. The molecule has 2 bridgehead atoms. The van der Waals surface area contributed by atoms with Gasteiger partial charge in [0.25, 0.3) is 0 Å². The minimum Gasteiger partial charge on any atom is -0.366 e. The molecule has 3 heterocycles. The van der Waals surface area contributed by atoms with Gasteiger partial charge >= 0.3 is 0 Å². The number of nitrogens with one attached hydrogen (secondary N) is 1. The molecule has 1 saturated heterocycles. The number of hydrogen-bond donors (Lipinski definition) is 1. The number of pyridine rings is 1. The van der Waals surface area contributed by atoms with E-state index in [-0.39, 0.29) is 0 Å². The first-order valence-corrected chi connectivity index (χ1v) is 6.49. The maximum atomic E-state index is 6.09. The van der Waals surface area contributed by atoms with Gasteiger partial charge in [0.05, 0.1) is 5.69 Å². The lowest BCUT2D eigenvalue weighted by Gasteiger charge is -2.29. The average Bonchev–Trinajstić information content (AvgIpc) is 2.57. The summed E-state index contributed by atoms with van der Waals surface area (Å²) in [6, 6.07) is 0.555. The van der Waals surface area contributed by atoms with Crippen molar-refractivity contribution in [2.75, 3.05) is 23.3 Å². The highest BCUT2D eigenvalue weighted by Gasteiger charge is 2.33. The first-order chi connectivity index (χ1) is 7.16. The second-order valence-corrected chi connectivity index (χ2v) is 5.55. The number of aromatic nitrogens is 1. The number of nitrogens with zero attached hydrogens (tertiary/aromatic N) is 2. The summed E-state index contributed by atoms with van der Waals surface area (Å²) >= 11 is 8.46. The van der Waals surface area contributed by atoms with Gasteiger partial charge in [-0.3, -0.25) is 0 Å². The smallest absolute Gasteiger partial charge is 0.152 e. The van der Waals surface area contributed by atoms with Crippen LogP contribution in [-0.2, 0) is 0 Å². The first kappa shape index (κ1) is 9.96. The SMILES string of the molecule is Cc1c(Cl)nc2c(c1I)N1CC[C@@H](C1)N2. The Morgan fingerprint density at radius 2 is 2.40 bits per heavy atom. The summed E-state index contributed by atoms with van der Waals surface area (Å²) in [5.41, 5.74) is 2.33. The zero-order valence-corrected chi connectivity index (χ0v) is 11.3.